The van der Waals surface area contributed by atoms with Crippen molar-refractivity contribution in [2.24, 2.45) is 0 Å². The van der Waals surface area contributed by atoms with Crippen molar-refractivity contribution in [1.29, 1.82) is 0 Å². The molecule has 0 aliphatic heterocycles. The summed E-state index contributed by atoms with van der Waals surface area (Å²) >= 11 is 2.99. The zero-order chi connectivity index (χ0) is 9.42. The lowest BCUT2D eigenvalue weighted by molar-refractivity contribution is 0.0701. The molecule has 1 saturated carbocycles. The third-order valence-corrected chi connectivity index (χ3v) is 4.34. The first-order valence-corrected chi connectivity index (χ1v) is 5.74. The molecular formula is C8H9NO2S2. The highest BCUT2D eigenvalue weighted by Gasteiger charge is 2.25. The van der Waals surface area contributed by atoms with E-state index in [4.69, 9.17) is 5.11 Å². The minimum Gasteiger partial charge on any atom is -0.477 e. The summed E-state index contributed by atoms with van der Waals surface area (Å²) in [5, 5.41) is 9.48. The molecule has 1 N–H and O–H groups in total. The first-order valence-electron chi connectivity index (χ1n) is 4.04. The Kier molecular flexibility index (Phi) is 2.29. The number of hydrogen-bond acceptors (Lipinski definition) is 4. The Morgan fingerprint density at radius 2 is 2.38 bits per heavy atom. The van der Waals surface area contributed by atoms with Gasteiger partial charge >= 0.3 is 5.97 Å². The molecule has 1 fully saturated rings. The van der Waals surface area contributed by atoms with Gasteiger partial charge in [-0.25, -0.2) is 9.78 Å². The van der Waals surface area contributed by atoms with Gasteiger partial charge < -0.3 is 5.11 Å². The molecule has 5 heteroatoms. The number of hydrogen-bond donors (Lipinski definition) is 1. The summed E-state index contributed by atoms with van der Waals surface area (Å²) in [5.41, 5.74) is 0.639. The van der Waals surface area contributed by atoms with Crippen molar-refractivity contribution in [3.8, 4) is 0 Å². The van der Waals surface area contributed by atoms with Gasteiger partial charge in [0.05, 0.1) is 5.69 Å². The smallest absolute Gasteiger partial charge is 0.347 e. The minimum atomic E-state index is -0.863. The van der Waals surface area contributed by atoms with Gasteiger partial charge in [-0.15, -0.1) is 11.3 Å². The van der Waals surface area contributed by atoms with Crippen molar-refractivity contribution in [2.45, 2.75) is 29.4 Å². The zero-order valence-electron chi connectivity index (χ0n) is 7.11. The molecule has 70 valence electrons. The normalized spacial score (nSPS) is 16.1. The molecule has 0 unspecified atom stereocenters. The number of thiazole rings is 1. The van der Waals surface area contributed by atoms with Gasteiger partial charge in [0.1, 0.15) is 4.88 Å². The maximum absolute atomic E-state index is 10.7. The zero-order valence-corrected chi connectivity index (χ0v) is 8.74. The number of carboxylic acid groups (broad SMARTS) is 1. The average Bonchev–Trinajstić information content (AvgIpc) is 2.75. The molecule has 1 aliphatic rings. The summed E-state index contributed by atoms with van der Waals surface area (Å²) < 4.78 is 0.900. The lowest BCUT2D eigenvalue weighted by Gasteiger charge is -1.87. The highest BCUT2D eigenvalue weighted by atomic mass is 32.2. The quantitative estimate of drug-likeness (QED) is 0.841. The topological polar surface area (TPSA) is 50.2 Å². The van der Waals surface area contributed by atoms with Crippen LogP contribution in [0.2, 0.25) is 0 Å². The molecule has 1 aliphatic carbocycles. The van der Waals surface area contributed by atoms with Crippen LogP contribution in [0.4, 0.5) is 0 Å². The van der Waals surface area contributed by atoms with E-state index in [0.29, 0.717) is 15.8 Å². The van der Waals surface area contributed by atoms with Gasteiger partial charge in [-0.3, -0.25) is 0 Å². The molecule has 0 spiro atoms. The second kappa shape index (κ2) is 3.31. The van der Waals surface area contributed by atoms with Crippen LogP contribution in [0.1, 0.15) is 28.2 Å². The fraction of sp³-hybridized carbons (Fsp3) is 0.500. The molecule has 0 bridgehead atoms. The number of rotatable bonds is 3. The molecule has 1 heterocycles. The lowest BCUT2D eigenvalue weighted by Crippen LogP contribution is -1.94. The van der Waals surface area contributed by atoms with E-state index >= 15 is 0 Å². The molecule has 3 nitrogen and oxygen atoms in total. The minimum absolute atomic E-state index is 0.378. The summed E-state index contributed by atoms with van der Waals surface area (Å²) in [7, 11) is 0. The van der Waals surface area contributed by atoms with Crippen LogP contribution in [0.5, 0.6) is 0 Å². The van der Waals surface area contributed by atoms with Crippen molar-refractivity contribution in [3.05, 3.63) is 10.6 Å². The first kappa shape index (κ1) is 9.02. The highest BCUT2D eigenvalue weighted by Crippen LogP contribution is 2.41. The van der Waals surface area contributed by atoms with E-state index in [2.05, 4.69) is 4.98 Å². The largest absolute Gasteiger partial charge is 0.477 e. The van der Waals surface area contributed by atoms with E-state index in [-0.39, 0.29) is 0 Å². The van der Waals surface area contributed by atoms with Crippen LogP contribution < -0.4 is 0 Å². The van der Waals surface area contributed by atoms with Gasteiger partial charge in [-0.05, 0) is 19.8 Å². The van der Waals surface area contributed by atoms with Crippen LogP contribution in [0.15, 0.2) is 4.34 Å². The molecule has 0 radical (unpaired) electrons. The predicted octanol–water partition coefficient (Wildman–Crippen LogP) is 2.40. The Balaban J connectivity index is 2.18. The monoisotopic (exact) mass is 215 g/mol. The van der Waals surface area contributed by atoms with E-state index in [1.165, 1.54) is 24.2 Å². The van der Waals surface area contributed by atoms with E-state index in [1.54, 1.807) is 18.7 Å². The van der Waals surface area contributed by atoms with Gasteiger partial charge in [0.2, 0.25) is 0 Å². The Morgan fingerprint density at radius 3 is 2.85 bits per heavy atom. The van der Waals surface area contributed by atoms with Gasteiger partial charge in [-0.2, -0.15) is 0 Å². The molecule has 1 aromatic rings. The number of aromatic nitrogens is 1. The summed E-state index contributed by atoms with van der Waals surface area (Å²) in [6, 6.07) is 0. The maximum Gasteiger partial charge on any atom is 0.347 e. The molecule has 13 heavy (non-hydrogen) atoms. The van der Waals surface area contributed by atoms with E-state index in [9.17, 15) is 4.79 Å². The van der Waals surface area contributed by atoms with Crippen LogP contribution in [0.25, 0.3) is 0 Å². The summed E-state index contributed by atoms with van der Waals surface area (Å²) in [5.74, 6) is -0.863. The molecular weight excluding hydrogens is 206 g/mol. The summed E-state index contributed by atoms with van der Waals surface area (Å²) in [6.45, 7) is 1.75. The average molecular weight is 215 g/mol. The van der Waals surface area contributed by atoms with Crippen LogP contribution in [0.3, 0.4) is 0 Å². The first-order chi connectivity index (χ1) is 6.16. The van der Waals surface area contributed by atoms with Crippen molar-refractivity contribution in [1.82, 2.24) is 4.98 Å². The maximum atomic E-state index is 10.7. The Hall–Kier alpha value is -0.550. The highest BCUT2D eigenvalue weighted by molar-refractivity contribution is 8.01. The number of aryl methyl sites for hydroxylation is 1. The van der Waals surface area contributed by atoms with Crippen LogP contribution in [-0.2, 0) is 0 Å². The number of carboxylic acids is 1. The van der Waals surface area contributed by atoms with E-state index in [0.717, 1.165) is 4.34 Å². The van der Waals surface area contributed by atoms with Crippen molar-refractivity contribution >= 4 is 29.1 Å². The van der Waals surface area contributed by atoms with Crippen molar-refractivity contribution < 1.29 is 9.90 Å². The number of nitrogens with zero attached hydrogens (tertiary/aromatic N) is 1. The lowest BCUT2D eigenvalue weighted by atomic mass is 10.4. The number of carbonyl (C=O) groups is 1. The fourth-order valence-electron chi connectivity index (χ4n) is 0.949. The Bertz CT molecular complexity index is 344. The van der Waals surface area contributed by atoms with Crippen molar-refractivity contribution in [3.63, 3.8) is 0 Å². The fourth-order valence-corrected chi connectivity index (χ4v) is 3.28. The molecule has 0 amide bonds. The standard InChI is InChI=1S/C8H9NO2S2/c1-4-6(7(10)11)13-8(9-4)12-5-2-3-5/h5H,2-3H2,1H3,(H,10,11). The second-order valence-corrected chi connectivity index (χ2v) is 5.56. The molecule has 0 atom stereocenters. The molecule has 2 rings (SSSR count). The molecule has 0 saturated heterocycles. The van der Waals surface area contributed by atoms with Crippen LogP contribution in [-0.4, -0.2) is 21.3 Å². The van der Waals surface area contributed by atoms with Crippen LogP contribution >= 0.6 is 23.1 Å². The molecule has 0 aromatic carbocycles. The SMILES string of the molecule is Cc1nc(SC2CC2)sc1C(=O)O. The van der Waals surface area contributed by atoms with Crippen molar-refractivity contribution in [2.75, 3.05) is 0 Å². The van der Waals surface area contributed by atoms with Crippen LogP contribution in [0, 0.1) is 6.92 Å². The van der Waals surface area contributed by atoms with Gasteiger partial charge in [-0.1, -0.05) is 11.8 Å². The third-order valence-electron chi connectivity index (χ3n) is 1.76. The van der Waals surface area contributed by atoms with E-state index < -0.39 is 5.97 Å². The number of thioether (sulfide) groups is 1. The Labute approximate surface area is 84.2 Å². The summed E-state index contributed by atoms with van der Waals surface area (Å²) in [4.78, 5) is 15.3. The van der Waals surface area contributed by atoms with Gasteiger partial charge in [0.15, 0.2) is 4.34 Å². The van der Waals surface area contributed by atoms with Gasteiger partial charge in [0.25, 0.3) is 0 Å². The van der Waals surface area contributed by atoms with E-state index in [1.807, 2.05) is 0 Å². The third kappa shape index (κ3) is 2.03. The molecule has 1 aromatic heterocycles. The number of aromatic carboxylic acids is 1. The second-order valence-electron chi connectivity index (χ2n) is 3.02. The van der Waals surface area contributed by atoms with Gasteiger partial charge in [0, 0.05) is 5.25 Å². The Morgan fingerprint density at radius 1 is 1.69 bits per heavy atom. The predicted molar refractivity (Wildman–Crippen MR) is 52.7 cm³/mol. The summed E-state index contributed by atoms with van der Waals surface area (Å²) in [6.07, 6.45) is 2.48.